The lowest BCUT2D eigenvalue weighted by Gasteiger charge is -2.09. The van der Waals surface area contributed by atoms with Crippen LogP contribution in [0.1, 0.15) is 23.2 Å². The lowest BCUT2D eigenvalue weighted by Crippen LogP contribution is -2.13. The SMILES string of the molecule is Nc1ccccc1OCCCC(=O)Nc1ccc(C(=O)O)cc1. The highest BCUT2D eigenvalue weighted by atomic mass is 16.5. The molecule has 1 amide bonds. The third-order valence-corrected chi connectivity index (χ3v) is 3.14. The molecule has 0 aromatic heterocycles. The van der Waals surface area contributed by atoms with Crippen molar-refractivity contribution in [3.05, 3.63) is 54.1 Å². The first kappa shape index (κ1) is 16.4. The molecular weight excluding hydrogens is 296 g/mol. The normalized spacial score (nSPS) is 10.1. The second-order valence-electron chi connectivity index (χ2n) is 4.92. The Labute approximate surface area is 133 Å². The Hall–Kier alpha value is -3.02. The molecule has 2 aromatic rings. The summed E-state index contributed by atoms with van der Waals surface area (Å²) in [6.07, 6.45) is 0.848. The average Bonchev–Trinajstić information content (AvgIpc) is 2.53. The molecule has 2 aromatic carbocycles. The summed E-state index contributed by atoms with van der Waals surface area (Å²) >= 11 is 0. The van der Waals surface area contributed by atoms with E-state index in [0.717, 1.165) is 0 Å². The number of benzene rings is 2. The summed E-state index contributed by atoms with van der Waals surface area (Å²) in [6.45, 7) is 0.388. The predicted octanol–water partition coefficient (Wildman–Crippen LogP) is 2.76. The Morgan fingerprint density at radius 1 is 1.09 bits per heavy atom. The summed E-state index contributed by atoms with van der Waals surface area (Å²) in [4.78, 5) is 22.5. The number of amides is 1. The number of nitrogens with two attached hydrogens (primary N) is 1. The van der Waals surface area contributed by atoms with Gasteiger partial charge in [-0.3, -0.25) is 4.79 Å². The van der Waals surface area contributed by atoms with Crippen molar-refractivity contribution in [2.75, 3.05) is 17.7 Å². The van der Waals surface area contributed by atoms with E-state index in [4.69, 9.17) is 15.6 Å². The number of aromatic carboxylic acids is 1. The van der Waals surface area contributed by atoms with Crippen LogP contribution >= 0.6 is 0 Å². The molecule has 120 valence electrons. The summed E-state index contributed by atoms with van der Waals surface area (Å²) in [6, 6.07) is 13.2. The van der Waals surface area contributed by atoms with Crippen molar-refractivity contribution in [1.82, 2.24) is 0 Å². The number of carboxylic acids is 1. The number of anilines is 2. The Bertz CT molecular complexity index is 683. The van der Waals surface area contributed by atoms with Gasteiger partial charge >= 0.3 is 5.97 Å². The van der Waals surface area contributed by atoms with Gasteiger partial charge < -0.3 is 20.9 Å². The van der Waals surface area contributed by atoms with E-state index in [9.17, 15) is 9.59 Å². The molecule has 0 radical (unpaired) electrons. The molecule has 0 atom stereocenters. The Morgan fingerprint density at radius 3 is 2.43 bits per heavy atom. The van der Waals surface area contributed by atoms with Gasteiger partial charge in [0.1, 0.15) is 5.75 Å². The monoisotopic (exact) mass is 314 g/mol. The van der Waals surface area contributed by atoms with Crippen LogP contribution < -0.4 is 15.8 Å². The molecule has 23 heavy (non-hydrogen) atoms. The average molecular weight is 314 g/mol. The standard InChI is InChI=1S/C17H18N2O4/c18-14-4-1-2-5-15(14)23-11-3-6-16(20)19-13-9-7-12(8-10-13)17(21)22/h1-2,4-5,7-10H,3,6,11,18H2,(H,19,20)(H,21,22). The second-order valence-corrected chi connectivity index (χ2v) is 4.92. The number of hydrogen-bond donors (Lipinski definition) is 3. The van der Waals surface area contributed by atoms with Crippen molar-refractivity contribution in [3.8, 4) is 5.75 Å². The fourth-order valence-corrected chi connectivity index (χ4v) is 1.95. The van der Waals surface area contributed by atoms with E-state index in [0.29, 0.717) is 36.6 Å². The van der Waals surface area contributed by atoms with Gasteiger partial charge in [0.25, 0.3) is 0 Å². The first-order valence-corrected chi connectivity index (χ1v) is 7.17. The fraction of sp³-hybridized carbons (Fsp3) is 0.176. The van der Waals surface area contributed by atoms with Gasteiger partial charge in [-0.05, 0) is 42.8 Å². The van der Waals surface area contributed by atoms with Crippen LogP contribution in [0.4, 0.5) is 11.4 Å². The van der Waals surface area contributed by atoms with Crippen LogP contribution in [0.25, 0.3) is 0 Å². The number of nitrogens with one attached hydrogen (secondary N) is 1. The second kappa shape index (κ2) is 7.84. The van der Waals surface area contributed by atoms with Gasteiger partial charge in [-0.1, -0.05) is 12.1 Å². The summed E-state index contributed by atoms with van der Waals surface area (Å²) in [5.41, 5.74) is 7.06. The molecular formula is C17H18N2O4. The molecule has 6 heteroatoms. The van der Waals surface area contributed by atoms with Gasteiger partial charge in [-0.15, -0.1) is 0 Å². The van der Waals surface area contributed by atoms with Crippen LogP contribution in [0.2, 0.25) is 0 Å². The van der Waals surface area contributed by atoms with E-state index in [-0.39, 0.29) is 11.5 Å². The molecule has 0 saturated carbocycles. The van der Waals surface area contributed by atoms with E-state index in [1.54, 1.807) is 24.3 Å². The Kier molecular flexibility index (Phi) is 5.57. The number of hydrogen-bond acceptors (Lipinski definition) is 4. The number of carbonyl (C=O) groups excluding carboxylic acids is 1. The highest BCUT2D eigenvalue weighted by molar-refractivity contribution is 5.92. The van der Waals surface area contributed by atoms with Gasteiger partial charge in [0.2, 0.25) is 5.91 Å². The van der Waals surface area contributed by atoms with Crippen LogP contribution in [0.3, 0.4) is 0 Å². The van der Waals surface area contributed by atoms with Crippen molar-refractivity contribution in [1.29, 1.82) is 0 Å². The van der Waals surface area contributed by atoms with Crippen LogP contribution in [-0.2, 0) is 4.79 Å². The molecule has 0 aliphatic rings. The molecule has 0 heterocycles. The zero-order valence-corrected chi connectivity index (χ0v) is 12.5. The lowest BCUT2D eigenvalue weighted by molar-refractivity contribution is -0.116. The third-order valence-electron chi connectivity index (χ3n) is 3.14. The van der Waals surface area contributed by atoms with Gasteiger partial charge in [0, 0.05) is 12.1 Å². The van der Waals surface area contributed by atoms with Crippen molar-refractivity contribution in [3.63, 3.8) is 0 Å². The summed E-state index contributed by atoms with van der Waals surface area (Å²) < 4.78 is 5.51. The number of carboxylic acid groups (broad SMARTS) is 1. The number of rotatable bonds is 7. The van der Waals surface area contributed by atoms with Gasteiger partial charge in [0.15, 0.2) is 0 Å². The zero-order valence-electron chi connectivity index (χ0n) is 12.5. The molecule has 0 saturated heterocycles. The Morgan fingerprint density at radius 2 is 1.78 bits per heavy atom. The fourth-order valence-electron chi connectivity index (χ4n) is 1.95. The molecule has 4 N–H and O–H groups in total. The molecule has 0 bridgehead atoms. The van der Waals surface area contributed by atoms with Crippen molar-refractivity contribution in [2.45, 2.75) is 12.8 Å². The number of carbonyl (C=O) groups is 2. The van der Waals surface area contributed by atoms with Crippen molar-refractivity contribution >= 4 is 23.3 Å². The van der Waals surface area contributed by atoms with Gasteiger partial charge in [-0.2, -0.15) is 0 Å². The highest BCUT2D eigenvalue weighted by Crippen LogP contribution is 2.19. The maximum atomic E-state index is 11.8. The third kappa shape index (κ3) is 5.03. The van der Waals surface area contributed by atoms with Crippen molar-refractivity contribution in [2.24, 2.45) is 0 Å². The van der Waals surface area contributed by atoms with Crippen LogP contribution in [0.5, 0.6) is 5.75 Å². The summed E-state index contributed by atoms with van der Waals surface area (Å²) in [7, 11) is 0. The minimum Gasteiger partial charge on any atom is -0.491 e. The number of nitrogen functional groups attached to an aromatic ring is 1. The molecule has 0 aliphatic carbocycles. The largest absolute Gasteiger partial charge is 0.491 e. The molecule has 6 nitrogen and oxygen atoms in total. The lowest BCUT2D eigenvalue weighted by atomic mass is 10.2. The van der Waals surface area contributed by atoms with E-state index in [2.05, 4.69) is 5.32 Å². The first-order chi connectivity index (χ1) is 11.1. The van der Waals surface area contributed by atoms with E-state index in [1.165, 1.54) is 12.1 Å². The van der Waals surface area contributed by atoms with Crippen LogP contribution in [0, 0.1) is 0 Å². The minimum atomic E-state index is -1.000. The quantitative estimate of drug-likeness (QED) is 0.539. The topological polar surface area (TPSA) is 102 Å². The minimum absolute atomic E-state index is 0.155. The Balaban J connectivity index is 1.73. The van der Waals surface area contributed by atoms with E-state index >= 15 is 0 Å². The van der Waals surface area contributed by atoms with Crippen LogP contribution in [0.15, 0.2) is 48.5 Å². The molecule has 0 unspecified atom stereocenters. The number of ether oxygens (including phenoxy) is 1. The molecule has 0 aliphatic heterocycles. The van der Waals surface area contributed by atoms with Crippen LogP contribution in [-0.4, -0.2) is 23.6 Å². The smallest absolute Gasteiger partial charge is 0.335 e. The highest BCUT2D eigenvalue weighted by Gasteiger charge is 2.05. The zero-order chi connectivity index (χ0) is 16.7. The summed E-state index contributed by atoms with van der Waals surface area (Å²) in [5, 5.41) is 11.5. The molecule has 2 rings (SSSR count). The first-order valence-electron chi connectivity index (χ1n) is 7.17. The van der Waals surface area contributed by atoms with Gasteiger partial charge in [-0.25, -0.2) is 4.79 Å². The maximum Gasteiger partial charge on any atom is 0.335 e. The van der Waals surface area contributed by atoms with E-state index in [1.807, 2.05) is 12.1 Å². The van der Waals surface area contributed by atoms with E-state index < -0.39 is 5.97 Å². The molecule has 0 fully saturated rings. The number of para-hydroxylation sites is 2. The van der Waals surface area contributed by atoms with Crippen molar-refractivity contribution < 1.29 is 19.4 Å². The maximum absolute atomic E-state index is 11.8. The van der Waals surface area contributed by atoms with Gasteiger partial charge in [0.05, 0.1) is 17.9 Å². The molecule has 0 spiro atoms. The predicted molar refractivity (Wildman–Crippen MR) is 87.6 cm³/mol. The summed E-state index contributed by atoms with van der Waals surface area (Å²) in [5.74, 6) is -0.546.